The summed E-state index contributed by atoms with van der Waals surface area (Å²) in [5.41, 5.74) is 1.16. The Kier molecular flexibility index (Phi) is 8.54. The zero-order valence-corrected chi connectivity index (χ0v) is 16.8. The predicted octanol–water partition coefficient (Wildman–Crippen LogP) is 1.97. The molecule has 0 radical (unpaired) electrons. The van der Waals surface area contributed by atoms with Gasteiger partial charge in [0, 0.05) is 50.0 Å². The van der Waals surface area contributed by atoms with E-state index >= 15 is 0 Å². The van der Waals surface area contributed by atoms with E-state index in [4.69, 9.17) is 0 Å². The molecule has 1 aliphatic heterocycles. The van der Waals surface area contributed by atoms with Crippen molar-refractivity contribution in [2.75, 3.05) is 51.1 Å². The van der Waals surface area contributed by atoms with E-state index in [1.807, 2.05) is 13.8 Å². The van der Waals surface area contributed by atoms with Gasteiger partial charge in [0.15, 0.2) is 0 Å². The van der Waals surface area contributed by atoms with Crippen LogP contribution in [0.4, 0.5) is 10.5 Å². The third-order valence-electron chi connectivity index (χ3n) is 4.65. The summed E-state index contributed by atoms with van der Waals surface area (Å²) in [5, 5.41) is 8.47. The second kappa shape index (κ2) is 10.9. The molecule has 0 spiro atoms. The fourth-order valence-corrected chi connectivity index (χ4v) is 3.10. The van der Waals surface area contributed by atoms with Crippen LogP contribution in [0, 0.1) is 0 Å². The highest BCUT2D eigenvalue weighted by atomic mass is 16.2. The second-order valence-corrected chi connectivity index (χ2v) is 7.22. The first kappa shape index (κ1) is 21.2. The van der Waals surface area contributed by atoms with Crippen molar-refractivity contribution in [3.05, 3.63) is 29.8 Å². The molecular weight excluding hydrogens is 342 g/mol. The quantitative estimate of drug-likeness (QED) is 0.607. The maximum atomic E-state index is 12.3. The zero-order valence-electron chi connectivity index (χ0n) is 16.8. The molecule has 0 bridgehead atoms. The molecular formula is C20H33N5O2. The summed E-state index contributed by atoms with van der Waals surface area (Å²) >= 11 is 0. The molecule has 7 nitrogen and oxygen atoms in total. The van der Waals surface area contributed by atoms with Crippen molar-refractivity contribution in [1.29, 1.82) is 0 Å². The first-order chi connectivity index (χ1) is 13.0. The Morgan fingerprint density at radius 3 is 2.48 bits per heavy atom. The van der Waals surface area contributed by atoms with Crippen molar-refractivity contribution < 1.29 is 9.59 Å². The number of hydrogen-bond donors (Lipinski definition) is 3. The van der Waals surface area contributed by atoms with Crippen molar-refractivity contribution in [3.63, 3.8) is 0 Å². The van der Waals surface area contributed by atoms with Crippen LogP contribution in [-0.4, -0.2) is 73.6 Å². The SMILES string of the molecule is CCN1CCN(CCCNC(=O)c2cccc(NC(=O)NC(C)C)c2)CC1. The zero-order chi connectivity index (χ0) is 19.6. The number of anilines is 1. The number of nitrogens with zero attached hydrogens (tertiary/aromatic N) is 2. The molecule has 0 aliphatic carbocycles. The third kappa shape index (κ3) is 7.56. The molecule has 1 aromatic carbocycles. The van der Waals surface area contributed by atoms with Crippen molar-refractivity contribution >= 4 is 17.6 Å². The van der Waals surface area contributed by atoms with Gasteiger partial charge in [0.25, 0.3) is 5.91 Å². The number of piperazine rings is 1. The largest absolute Gasteiger partial charge is 0.352 e. The molecule has 1 saturated heterocycles. The van der Waals surface area contributed by atoms with Gasteiger partial charge in [-0.3, -0.25) is 4.79 Å². The summed E-state index contributed by atoms with van der Waals surface area (Å²) in [5.74, 6) is -0.112. The van der Waals surface area contributed by atoms with Crippen molar-refractivity contribution in [3.8, 4) is 0 Å². The fourth-order valence-electron chi connectivity index (χ4n) is 3.10. The van der Waals surface area contributed by atoms with E-state index in [1.54, 1.807) is 24.3 Å². The molecule has 1 aromatic rings. The van der Waals surface area contributed by atoms with Gasteiger partial charge in [0.2, 0.25) is 0 Å². The molecule has 0 saturated carbocycles. The number of amides is 3. The van der Waals surface area contributed by atoms with Gasteiger partial charge in [0.05, 0.1) is 0 Å². The fraction of sp³-hybridized carbons (Fsp3) is 0.600. The number of hydrogen-bond acceptors (Lipinski definition) is 4. The molecule has 0 unspecified atom stereocenters. The van der Waals surface area contributed by atoms with Crippen molar-refractivity contribution in [1.82, 2.24) is 20.4 Å². The molecule has 0 atom stereocenters. The first-order valence-electron chi connectivity index (χ1n) is 9.88. The number of urea groups is 1. The summed E-state index contributed by atoms with van der Waals surface area (Å²) in [6.07, 6.45) is 0.937. The number of likely N-dealkylation sites (N-methyl/N-ethyl adjacent to an activating group) is 1. The number of nitrogens with one attached hydrogen (secondary N) is 3. The van der Waals surface area contributed by atoms with Gasteiger partial charge in [-0.05, 0) is 51.6 Å². The summed E-state index contributed by atoms with van der Waals surface area (Å²) < 4.78 is 0. The Hall–Kier alpha value is -2.12. The molecule has 0 aromatic heterocycles. The lowest BCUT2D eigenvalue weighted by Crippen LogP contribution is -2.46. The van der Waals surface area contributed by atoms with Crippen molar-refractivity contribution in [2.24, 2.45) is 0 Å². The second-order valence-electron chi connectivity index (χ2n) is 7.22. The minimum absolute atomic E-state index is 0.0569. The lowest BCUT2D eigenvalue weighted by atomic mass is 10.2. The Labute approximate surface area is 162 Å². The monoisotopic (exact) mass is 375 g/mol. The number of carbonyl (C=O) groups is 2. The lowest BCUT2D eigenvalue weighted by molar-refractivity contribution is 0.0948. The summed E-state index contributed by atoms with van der Waals surface area (Å²) in [7, 11) is 0. The molecule has 150 valence electrons. The molecule has 1 heterocycles. The lowest BCUT2D eigenvalue weighted by Gasteiger charge is -2.33. The number of rotatable bonds is 8. The van der Waals surface area contributed by atoms with E-state index in [9.17, 15) is 9.59 Å². The smallest absolute Gasteiger partial charge is 0.319 e. The average molecular weight is 376 g/mol. The molecule has 2 rings (SSSR count). The minimum Gasteiger partial charge on any atom is -0.352 e. The molecule has 1 aliphatic rings. The van der Waals surface area contributed by atoms with E-state index in [0.29, 0.717) is 17.8 Å². The van der Waals surface area contributed by atoms with E-state index < -0.39 is 0 Å². The Morgan fingerprint density at radius 2 is 1.81 bits per heavy atom. The number of benzene rings is 1. The first-order valence-corrected chi connectivity index (χ1v) is 9.88. The maximum absolute atomic E-state index is 12.3. The van der Waals surface area contributed by atoms with Crippen LogP contribution in [0.5, 0.6) is 0 Å². The maximum Gasteiger partial charge on any atom is 0.319 e. The third-order valence-corrected chi connectivity index (χ3v) is 4.65. The van der Waals surface area contributed by atoms with Gasteiger partial charge in [-0.15, -0.1) is 0 Å². The van der Waals surface area contributed by atoms with E-state index in [-0.39, 0.29) is 18.0 Å². The normalized spacial score (nSPS) is 15.6. The average Bonchev–Trinajstić information content (AvgIpc) is 2.65. The summed E-state index contributed by atoms with van der Waals surface area (Å²) in [4.78, 5) is 29.0. The summed E-state index contributed by atoms with van der Waals surface area (Å²) in [6.45, 7) is 13.2. The van der Waals surface area contributed by atoms with Gasteiger partial charge >= 0.3 is 6.03 Å². The molecule has 27 heavy (non-hydrogen) atoms. The van der Waals surface area contributed by atoms with Gasteiger partial charge in [-0.2, -0.15) is 0 Å². The van der Waals surface area contributed by atoms with Gasteiger partial charge in [-0.25, -0.2) is 4.79 Å². The topological polar surface area (TPSA) is 76.7 Å². The van der Waals surface area contributed by atoms with E-state index in [2.05, 4.69) is 32.7 Å². The predicted molar refractivity (Wildman–Crippen MR) is 109 cm³/mol. The van der Waals surface area contributed by atoms with Gasteiger partial charge in [-0.1, -0.05) is 13.0 Å². The molecule has 3 amide bonds. The van der Waals surface area contributed by atoms with Crippen molar-refractivity contribution in [2.45, 2.75) is 33.2 Å². The Morgan fingerprint density at radius 1 is 1.11 bits per heavy atom. The standard InChI is InChI=1S/C20H33N5O2/c1-4-24-11-13-25(14-12-24)10-6-9-21-19(26)17-7-5-8-18(15-17)23-20(27)22-16(2)3/h5,7-8,15-16H,4,6,9-14H2,1-3H3,(H,21,26)(H2,22,23,27). The van der Waals surface area contributed by atoms with Crippen LogP contribution in [0.3, 0.4) is 0 Å². The highest BCUT2D eigenvalue weighted by Gasteiger charge is 2.15. The molecule has 3 N–H and O–H groups in total. The Balaban J connectivity index is 1.71. The van der Waals surface area contributed by atoms with E-state index in [1.165, 1.54) is 0 Å². The van der Waals surface area contributed by atoms with Crippen LogP contribution < -0.4 is 16.0 Å². The number of carbonyl (C=O) groups excluding carboxylic acids is 2. The highest BCUT2D eigenvalue weighted by Crippen LogP contribution is 2.10. The van der Waals surface area contributed by atoms with Crippen LogP contribution in [0.2, 0.25) is 0 Å². The van der Waals surface area contributed by atoms with Crippen LogP contribution in [0.1, 0.15) is 37.6 Å². The molecule has 7 heteroatoms. The van der Waals surface area contributed by atoms with Crippen LogP contribution in [0.25, 0.3) is 0 Å². The van der Waals surface area contributed by atoms with Crippen LogP contribution >= 0.6 is 0 Å². The van der Waals surface area contributed by atoms with Gasteiger partial charge in [0.1, 0.15) is 0 Å². The minimum atomic E-state index is -0.272. The summed E-state index contributed by atoms with van der Waals surface area (Å²) in [6, 6.07) is 6.77. The van der Waals surface area contributed by atoms with Gasteiger partial charge < -0.3 is 25.8 Å². The Bertz CT molecular complexity index is 612. The molecule has 1 fully saturated rings. The van der Waals surface area contributed by atoms with E-state index in [0.717, 1.165) is 45.7 Å². The van der Waals surface area contributed by atoms with Crippen LogP contribution in [-0.2, 0) is 0 Å². The van der Waals surface area contributed by atoms with Crippen LogP contribution in [0.15, 0.2) is 24.3 Å². The highest BCUT2D eigenvalue weighted by molar-refractivity contribution is 5.96.